The van der Waals surface area contributed by atoms with Gasteiger partial charge in [0.15, 0.2) is 5.16 Å². The smallest absolute Gasteiger partial charge is 0.267 e. The fourth-order valence-corrected chi connectivity index (χ4v) is 6.52. The van der Waals surface area contributed by atoms with Crippen molar-refractivity contribution in [2.24, 2.45) is 5.10 Å². The monoisotopic (exact) mass is 546 g/mol. The lowest BCUT2D eigenvalue weighted by Gasteiger charge is -2.13. The van der Waals surface area contributed by atoms with Crippen LogP contribution in [0.1, 0.15) is 47.8 Å². The first kappa shape index (κ1) is 26.2. The van der Waals surface area contributed by atoms with E-state index in [1.807, 2.05) is 55.5 Å². The van der Waals surface area contributed by atoms with Gasteiger partial charge in [-0.15, -0.1) is 11.3 Å². The second kappa shape index (κ2) is 12.0. The zero-order valence-electron chi connectivity index (χ0n) is 21.5. The van der Waals surface area contributed by atoms with E-state index >= 15 is 0 Å². The molecule has 1 aliphatic carbocycles. The lowest BCUT2D eigenvalue weighted by molar-refractivity contribution is -0.118. The van der Waals surface area contributed by atoms with Gasteiger partial charge in [0.2, 0.25) is 0 Å². The number of carbonyl (C=O) groups is 1. The number of amides is 1. The Labute approximate surface area is 230 Å². The van der Waals surface area contributed by atoms with Crippen LogP contribution in [0.5, 0.6) is 5.75 Å². The molecule has 38 heavy (non-hydrogen) atoms. The molecule has 7 nitrogen and oxygen atoms in total. The number of nitrogens with zero attached hydrogens (tertiary/aromatic N) is 3. The molecule has 0 spiro atoms. The normalized spacial score (nSPS) is 13.1. The van der Waals surface area contributed by atoms with E-state index in [1.54, 1.807) is 22.1 Å². The van der Waals surface area contributed by atoms with Crippen LogP contribution in [0, 0.1) is 6.92 Å². The van der Waals surface area contributed by atoms with Crippen LogP contribution in [0.2, 0.25) is 0 Å². The molecule has 5 rings (SSSR count). The van der Waals surface area contributed by atoms with Crippen molar-refractivity contribution < 1.29 is 9.53 Å². The Morgan fingerprint density at radius 2 is 1.92 bits per heavy atom. The summed E-state index contributed by atoms with van der Waals surface area (Å²) in [6, 6.07) is 15.3. The molecule has 1 aliphatic rings. The molecule has 2 aromatic heterocycles. The highest BCUT2D eigenvalue weighted by atomic mass is 32.2. The van der Waals surface area contributed by atoms with Crippen LogP contribution in [-0.4, -0.2) is 34.0 Å². The van der Waals surface area contributed by atoms with Crippen molar-refractivity contribution in [3.63, 3.8) is 0 Å². The molecule has 1 N–H and O–H groups in total. The number of rotatable bonds is 9. The average Bonchev–Trinajstić information content (AvgIpc) is 3.31. The van der Waals surface area contributed by atoms with E-state index < -0.39 is 0 Å². The van der Waals surface area contributed by atoms with Gasteiger partial charge in [0.25, 0.3) is 11.5 Å². The largest absolute Gasteiger partial charge is 0.494 e. The van der Waals surface area contributed by atoms with Gasteiger partial charge in [0.1, 0.15) is 10.6 Å². The van der Waals surface area contributed by atoms with Crippen LogP contribution in [0.4, 0.5) is 0 Å². The number of carbonyl (C=O) groups excluding carboxylic acids is 1. The number of ether oxygens (including phenoxy) is 1. The minimum Gasteiger partial charge on any atom is -0.494 e. The van der Waals surface area contributed by atoms with Crippen molar-refractivity contribution in [3.05, 3.63) is 80.5 Å². The maximum Gasteiger partial charge on any atom is 0.267 e. The van der Waals surface area contributed by atoms with Crippen LogP contribution < -0.4 is 15.7 Å². The van der Waals surface area contributed by atoms with Gasteiger partial charge in [-0.1, -0.05) is 36.4 Å². The van der Waals surface area contributed by atoms with Crippen LogP contribution in [0.3, 0.4) is 0 Å². The van der Waals surface area contributed by atoms with E-state index in [0.717, 1.165) is 70.4 Å². The summed E-state index contributed by atoms with van der Waals surface area (Å²) in [6.07, 6.45) is 6.70. The molecule has 4 aromatic rings. The van der Waals surface area contributed by atoms with Crippen LogP contribution >= 0.6 is 23.1 Å². The molecular formula is C29H30N4O3S2. The zero-order valence-corrected chi connectivity index (χ0v) is 23.2. The third kappa shape index (κ3) is 5.84. The zero-order chi connectivity index (χ0) is 26.5. The molecule has 1 amide bonds. The summed E-state index contributed by atoms with van der Waals surface area (Å²) >= 11 is 2.86. The summed E-state index contributed by atoms with van der Waals surface area (Å²) in [5.41, 5.74) is 6.37. The maximum atomic E-state index is 13.8. The minimum atomic E-state index is -0.274. The Hall–Kier alpha value is -3.43. The number of hydrogen-bond acceptors (Lipinski definition) is 7. The molecular weight excluding hydrogens is 516 g/mol. The molecule has 2 heterocycles. The summed E-state index contributed by atoms with van der Waals surface area (Å²) in [6.45, 7) is 4.75. The summed E-state index contributed by atoms with van der Waals surface area (Å²) < 4.78 is 7.23. The number of hydrazone groups is 1. The van der Waals surface area contributed by atoms with Crippen molar-refractivity contribution in [3.8, 4) is 11.4 Å². The Bertz CT molecular complexity index is 1520. The van der Waals surface area contributed by atoms with Crippen molar-refractivity contribution in [1.29, 1.82) is 0 Å². The quantitative estimate of drug-likeness (QED) is 0.127. The van der Waals surface area contributed by atoms with Gasteiger partial charge in [0, 0.05) is 4.88 Å². The summed E-state index contributed by atoms with van der Waals surface area (Å²) in [7, 11) is 0. The van der Waals surface area contributed by atoms with E-state index in [2.05, 4.69) is 17.5 Å². The molecule has 196 valence electrons. The van der Waals surface area contributed by atoms with Crippen molar-refractivity contribution in [1.82, 2.24) is 15.0 Å². The molecule has 0 fully saturated rings. The molecule has 9 heteroatoms. The van der Waals surface area contributed by atoms with Gasteiger partial charge in [-0.2, -0.15) is 5.10 Å². The number of thioether (sulfide) groups is 1. The predicted octanol–water partition coefficient (Wildman–Crippen LogP) is 5.67. The van der Waals surface area contributed by atoms with Crippen LogP contribution in [0.15, 0.2) is 63.6 Å². The van der Waals surface area contributed by atoms with E-state index in [4.69, 9.17) is 9.72 Å². The number of aryl methyl sites for hydroxylation is 3. The van der Waals surface area contributed by atoms with E-state index in [9.17, 15) is 9.59 Å². The van der Waals surface area contributed by atoms with Gasteiger partial charge in [-0.25, -0.2) is 10.4 Å². The highest BCUT2D eigenvalue weighted by molar-refractivity contribution is 7.99. The van der Waals surface area contributed by atoms with Crippen LogP contribution in [-0.2, 0) is 17.6 Å². The van der Waals surface area contributed by atoms with Crippen LogP contribution in [0.25, 0.3) is 15.9 Å². The second-order valence-corrected chi connectivity index (χ2v) is 11.3. The lowest BCUT2D eigenvalue weighted by Crippen LogP contribution is -2.24. The van der Waals surface area contributed by atoms with Gasteiger partial charge in [0.05, 0.1) is 29.6 Å². The minimum absolute atomic E-state index is 0.0643. The predicted molar refractivity (Wildman–Crippen MR) is 155 cm³/mol. The molecule has 0 atom stereocenters. The molecule has 0 aliphatic heterocycles. The molecule has 0 saturated carbocycles. The summed E-state index contributed by atoms with van der Waals surface area (Å²) in [4.78, 5) is 33.3. The van der Waals surface area contributed by atoms with E-state index in [1.165, 1.54) is 16.6 Å². The van der Waals surface area contributed by atoms with Gasteiger partial charge >= 0.3 is 0 Å². The highest BCUT2D eigenvalue weighted by Gasteiger charge is 2.23. The third-order valence-electron chi connectivity index (χ3n) is 6.34. The molecule has 2 aromatic carbocycles. The first-order valence-electron chi connectivity index (χ1n) is 12.9. The van der Waals surface area contributed by atoms with Gasteiger partial charge < -0.3 is 4.74 Å². The molecule has 0 bridgehead atoms. The fraction of sp³-hybridized carbons (Fsp3) is 0.310. The van der Waals surface area contributed by atoms with Gasteiger partial charge in [-0.3, -0.25) is 14.2 Å². The Morgan fingerprint density at radius 3 is 2.68 bits per heavy atom. The number of thiophene rings is 1. The number of nitrogens with one attached hydrogen (secondary N) is 1. The number of hydrogen-bond donors (Lipinski definition) is 1. The first-order chi connectivity index (χ1) is 18.5. The first-order valence-corrected chi connectivity index (χ1v) is 14.7. The standard InChI is InChI=1S/C29H30N4O3S2/c1-3-16-36-22-14-10-20(11-15-22)17-30-32-25(34)18-37-29-31-27-26(23-6-4-5-7-24(23)38-27)28(35)33(29)21-12-8-19(2)9-13-21/h8-15,17H,3-7,16,18H2,1-2H3,(H,32,34). The Balaban J connectivity index is 1.34. The maximum absolute atomic E-state index is 13.8. The highest BCUT2D eigenvalue weighted by Crippen LogP contribution is 2.35. The third-order valence-corrected chi connectivity index (χ3v) is 8.46. The van der Waals surface area contributed by atoms with E-state index in [0.29, 0.717) is 11.8 Å². The number of fused-ring (bicyclic) bond motifs is 3. The summed E-state index contributed by atoms with van der Waals surface area (Å²) in [5, 5.41) is 5.32. The average molecular weight is 547 g/mol. The van der Waals surface area contributed by atoms with Crippen molar-refractivity contribution in [2.75, 3.05) is 12.4 Å². The Morgan fingerprint density at radius 1 is 1.16 bits per heavy atom. The van der Waals surface area contributed by atoms with Crippen molar-refractivity contribution >= 4 is 45.4 Å². The molecule has 0 unspecified atom stereocenters. The van der Waals surface area contributed by atoms with E-state index in [-0.39, 0.29) is 17.2 Å². The SMILES string of the molecule is CCCOc1ccc(C=NNC(=O)CSc2nc3sc4c(c3c(=O)n2-c2ccc(C)cc2)CCCC4)cc1. The van der Waals surface area contributed by atoms with Crippen molar-refractivity contribution in [2.45, 2.75) is 51.1 Å². The number of aromatic nitrogens is 2. The topological polar surface area (TPSA) is 85.6 Å². The summed E-state index contributed by atoms with van der Waals surface area (Å²) in [5.74, 6) is 0.611. The molecule has 0 saturated heterocycles. The Kier molecular flexibility index (Phi) is 8.24. The fourth-order valence-electron chi connectivity index (χ4n) is 4.42. The second-order valence-electron chi connectivity index (χ2n) is 9.26. The van der Waals surface area contributed by atoms with Gasteiger partial charge in [-0.05, 0) is 86.6 Å². The molecule has 0 radical (unpaired) electrons. The number of benzene rings is 2. The lowest BCUT2D eigenvalue weighted by atomic mass is 9.97.